The highest BCUT2D eigenvalue weighted by Crippen LogP contribution is 1.96. The summed E-state index contributed by atoms with van der Waals surface area (Å²) in [6.07, 6.45) is 2.42. The van der Waals surface area contributed by atoms with Gasteiger partial charge in [0, 0.05) is 0 Å². The molecule has 3 nitrogen and oxygen atoms in total. The summed E-state index contributed by atoms with van der Waals surface area (Å²) in [4.78, 5) is 10.9. The zero-order valence-electron chi connectivity index (χ0n) is 7.45. The van der Waals surface area contributed by atoms with Crippen LogP contribution in [0.2, 0.25) is 0 Å². The highest BCUT2D eigenvalue weighted by molar-refractivity contribution is 5.70. The minimum absolute atomic E-state index is 0.00716. The number of esters is 1. The van der Waals surface area contributed by atoms with Crippen LogP contribution in [-0.4, -0.2) is 23.8 Å². The quantitative estimate of drug-likeness (QED) is 0.373. The van der Waals surface area contributed by atoms with Gasteiger partial charge in [-0.2, -0.15) is 0 Å². The van der Waals surface area contributed by atoms with E-state index < -0.39 is 6.10 Å². The molecule has 0 rings (SSSR count). The Balaban J connectivity index is 3.39. The molecule has 0 bridgehead atoms. The van der Waals surface area contributed by atoms with E-state index in [2.05, 4.69) is 6.58 Å². The molecule has 0 saturated carbocycles. The maximum absolute atomic E-state index is 10.9. The summed E-state index contributed by atoms with van der Waals surface area (Å²) < 4.78 is 4.81. The zero-order valence-corrected chi connectivity index (χ0v) is 7.45. The van der Waals surface area contributed by atoms with Gasteiger partial charge in [0.25, 0.3) is 0 Å². The molecule has 12 heavy (non-hydrogen) atoms. The van der Waals surface area contributed by atoms with E-state index >= 15 is 0 Å². The molecule has 0 fully saturated rings. The summed E-state index contributed by atoms with van der Waals surface area (Å²) >= 11 is 0. The van der Waals surface area contributed by atoms with Crippen molar-refractivity contribution in [1.82, 2.24) is 0 Å². The number of carbonyl (C=O) groups is 1. The van der Waals surface area contributed by atoms with Crippen molar-refractivity contribution in [2.45, 2.75) is 32.3 Å². The number of carbonyl (C=O) groups excluding carboxylic acids is 1. The number of hydrogen-bond donors (Lipinski definition) is 1. The Morgan fingerprint density at radius 2 is 2.42 bits per heavy atom. The molecule has 1 atom stereocenters. The van der Waals surface area contributed by atoms with Crippen molar-refractivity contribution in [2.24, 2.45) is 0 Å². The van der Waals surface area contributed by atoms with Crippen LogP contribution in [0.1, 0.15) is 26.2 Å². The van der Waals surface area contributed by atoms with Gasteiger partial charge in [-0.25, -0.2) is 0 Å². The molecule has 0 aliphatic carbocycles. The molecule has 1 N–H and O–H groups in total. The third-order valence-corrected chi connectivity index (χ3v) is 1.41. The van der Waals surface area contributed by atoms with Crippen molar-refractivity contribution < 1.29 is 14.6 Å². The fraction of sp³-hybridized carbons (Fsp3) is 0.667. The third kappa shape index (κ3) is 5.92. The van der Waals surface area contributed by atoms with E-state index in [0.717, 1.165) is 12.8 Å². The Morgan fingerprint density at radius 3 is 2.92 bits per heavy atom. The molecule has 0 aliphatic rings. The van der Waals surface area contributed by atoms with Crippen LogP contribution in [0.4, 0.5) is 0 Å². The van der Waals surface area contributed by atoms with Crippen molar-refractivity contribution in [1.29, 1.82) is 0 Å². The average molecular weight is 172 g/mol. The summed E-state index contributed by atoms with van der Waals surface area (Å²) in [5, 5.41) is 8.97. The predicted octanol–water partition coefficient (Wildman–Crippen LogP) is 1.27. The van der Waals surface area contributed by atoms with Crippen molar-refractivity contribution in [3.05, 3.63) is 12.7 Å². The smallest absolute Gasteiger partial charge is 0.308 e. The Bertz CT molecular complexity index is 143. The molecule has 0 aromatic heterocycles. The molecule has 70 valence electrons. The maximum Gasteiger partial charge on any atom is 0.308 e. The first-order valence-corrected chi connectivity index (χ1v) is 4.17. The molecule has 0 radical (unpaired) electrons. The highest BCUT2D eigenvalue weighted by Gasteiger charge is 2.07. The predicted molar refractivity (Wildman–Crippen MR) is 46.7 cm³/mol. The molecule has 0 spiro atoms. The van der Waals surface area contributed by atoms with E-state index in [9.17, 15) is 4.79 Å². The fourth-order valence-corrected chi connectivity index (χ4v) is 0.643. The second kappa shape index (κ2) is 6.85. The van der Waals surface area contributed by atoms with Crippen LogP contribution in [0, 0.1) is 0 Å². The molecular weight excluding hydrogens is 156 g/mol. The van der Waals surface area contributed by atoms with E-state index in [1.807, 2.05) is 6.92 Å². The van der Waals surface area contributed by atoms with Gasteiger partial charge in [-0.1, -0.05) is 19.4 Å². The molecule has 0 heterocycles. The first-order chi connectivity index (χ1) is 5.70. The standard InChI is InChI=1S/C9H16O3/c1-3-5-6-12-9(11)7-8(10)4-2/h4,8,10H,2-3,5-7H2,1H3/t8-/m0/s1. The molecule has 0 aliphatic heterocycles. The second-order valence-electron chi connectivity index (χ2n) is 2.58. The molecule has 0 aromatic rings. The number of rotatable bonds is 6. The lowest BCUT2D eigenvalue weighted by molar-refractivity contribution is -0.145. The van der Waals surface area contributed by atoms with E-state index in [4.69, 9.17) is 9.84 Å². The number of hydrogen-bond acceptors (Lipinski definition) is 3. The molecule has 0 saturated heterocycles. The number of ether oxygens (including phenoxy) is 1. The maximum atomic E-state index is 10.9. The molecule has 0 amide bonds. The zero-order chi connectivity index (χ0) is 9.40. The van der Waals surface area contributed by atoms with Crippen LogP contribution >= 0.6 is 0 Å². The monoisotopic (exact) mass is 172 g/mol. The summed E-state index contributed by atoms with van der Waals surface area (Å²) in [6, 6.07) is 0. The van der Waals surface area contributed by atoms with Gasteiger partial charge in [0.05, 0.1) is 19.1 Å². The molecule has 0 aromatic carbocycles. The van der Waals surface area contributed by atoms with Gasteiger partial charge in [0.2, 0.25) is 0 Å². The third-order valence-electron chi connectivity index (χ3n) is 1.41. The van der Waals surface area contributed by atoms with Crippen molar-refractivity contribution in [3.63, 3.8) is 0 Å². The van der Waals surface area contributed by atoms with Gasteiger partial charge in [0.1, 0.15) is 0 Å². The van der Waals surface area contributed by atoms with E-state index in [0.29, 0.717) is 6.61 Å². The molecule has 0 unspecified atom stereocenters. The SMILES string of the molecule is C=C[C@H](O)CC(=O)OCCCC. The summed E-state index contributed by atoms with van der Waals surface area (Å²) in [5.41, 5.74) is 0. The van der Waals surface area contributed by atoms with Crippen LogP contribution in [0.3, 0.4) is 0 Å². The Morgan fingerprint density at radius 1 is 1.75 bits per heavy atom. The number of aliphatic hydroxyl groups is 1. The minimum Gasteiger partial charge on any atom is -0.466 e. The van der Waals surface area contributed by atoms with Crippen LogP contribution in [0.15, 0.2) is 12.7 Å². The average Bonchev–Trinajstić information content (AvgIpc) is 2.05. The van der Waals surface area contributed by atoms with Gasteiger partial charge in [-0.15, -0.1) is 6.58 Å². The van der Waals surface area contributed by atoms with Gasteiger partial charge in [-0.05, 0) is 6.42 Å². The summed E-state index contributed by atoms with van der Waals surface area (Å²) in [5.74, 6) is -0.365. The van der Waals surface area contributed by atoms with Crippen molar-refractivity contribution in [2.75, 3.05) is 6.61 Å². The first-order valence-electron chi connectivity index (χ1n) is 4.17. The lowest BCUT2D eigenvalue weighted by Crippen LogP contribution is -2.13. The topological polar surface area (TPSA) is 46.5 Å². The van der Waals surface area contributed by atoms with E-state index in [1.165, 1.54) is 6.08 Å². The van der Waals surface area contributed by atoms with Gasteiger partial charge >= 0.3 is 5.97 Å². The fourth-order valence-electron chi connectivity index (χ4n) is 0.643. The van der Waals surface area contributed by atoms with Crippen LogP contribution in [-0.2, 0) is 9.53 Å². The highest BCUT2D eigenvalue weighted by atomic mass is 16.5. The van der Waals surface area contributed by atoms with Crippen molar-refractivity contribution in [3.8, 4) is 0 Å². The molecular formula is C9H16O3. The number of aliphatic hydroxyl groups excluding tert-OH is 1. The lowest BCUT2D eigenvalue weighted by Gasteiger charge is -2.05. The Kier molecular flexibility index (Phi) is 6.38. The lowest BCUT2D eigenvalue weighted by atomic mass is 10.2. The first kappa shape index (κ1) is 11.2. The van der Waals surface area contributed by atoms with Crippen LogP contribution in [0.25, 0.3) is 0 Å². The summed E-state index contributed by atoms with van der Waals surface area (Å²) in [7, 11) is 0. The van der Waals surface area contributed by atoms with Crippen molar-refractivity contribution >= 4 is 5.97 Å². The normalized spacial score (nSPS) is 12.2. The Labute approximate surface area is 73.0 Å². The van der Waals surface area contributed by atoms with Gasteiger partial charge < -0.3 is 9.84 Å². The minimum atomic E-state index is -0.779. The van der Waals surface area contributed by atoms with E-state index in [-0.39, 0.29) is 12.4 Å². The largest absolute Gasteiger partial charge is 0.466 e. The van der Waals surface area contributed by atoms with Gasteiger partial charge in [-0.3, -0.25) is 4.79 Å². The molecule has 3 heteroatoms. The van der Waals surface area contributed by atoms with Crippen LogP contribution in [0.5, 0.6) is 0 Å². The summed E-state index contributed by atoms with van der Waals surface area (Å²) in [6.45, 7) is 5.82. The number of unbranched alkanes of at least 4 members (excludes halogenated alkanes) is 1. The second-order valence-corrected chi connectivity index (χ2v) is 2.58. The van der Waals surface area contributed by atoms with E-state index in [1.54, 1.807) is 0 Å². The van der Waals surface area contributed by atoms with Crippen LogP contribution < -0.4 is 0 Å². The Hall–Kier alpha value is -0.830. The van der Waals surface area contributed by atoms with Gasteiger partial charge in [0.15, 0.2) is 0 Å².